The average Bonchev–Trinajstić information content (AvgIpc) is 2.37. The van der Waals surface area contributed by atoms with E-state index in [1.54, 1.807) is 31.2 Å². The van der Waals surface area contributed by atoms with Gasteiger partial charge < -0.3 is 0 Å². The largest absolute Gasteiger partial charge is 0.294 e. The molecule has 2 aromatic carbocycles. The van der Waals surface area contributed by atoms with Gasteiger partial charge in [0, 0.05) is 27.6 Å². The van der Waals surface area contributed by atoms with E-state index in [-0.39, 0.29) is 22.8 Å². The highest BCUT2D eigenvalue weighted by atomic mass is 35.5. The van der Waals surface area contributed by atoms with E-state index in [9.17, 15) is 9.18 Å². The minimum absolute atomic E-state index is 0.0767. The Bertz CT molecular complexity index is 618. The van der Waals surface area contributed by atoms with Crippen molar-refractivity contribution in [1.82, 2.24) is 0 Å². The summed E-state index contributed by atoms with van der Waals surface area (Å²) in [4.78, 5) is 12.2. The van der Waals surface area contributed by atoms with E-state index in [1.807, 2.05) is 0 Å². The SMILES string of the molecule is Cc1c(Cl)cccc1C(=O)Cc1c(F)cccc1Cl. The van der Waals surface area contributed by atoms with Gasteiger partial charge in [-0.2, -0.15) is 0 Å². The molecule has 2 aromatic rings. The fraction of sp³-hybridized carbons (Fsp3) is 0.133. The Hall–Kier alpha value is -1.38. The first-order chi connectivity index (χ1) is 9.00. The maximum atomic E-state index is 13.6. The number of carbonyl (C=O) groups excluding carboxylic acids is 1. The Labute approximate surface area is 121 Å². The maximum absolute atomic E-state index is 13.6. The molecule has 0 unspecified atom stereocenters. The highest BCUT2D eigenvalue weighted by Crippen LogP contribution is 2.24. The number of rotatable bonds is 3. The molecule has 1 nitrogen and oxygen atoms in total. The predicted molar refractivity (Wildman–Crippen MR) is 75.6 cm³/mol. The Morgan fingerprint density at radius 1 is 1.11 bits per heavy atom. The van der Waals surface area contributed by atoms with Crippen molar-refractivity contribution >= 4 is 29.0 Å². The number of ketones is 1. The highest BCUT2D eigenvalue weighted by molar-refractivity contribution is 6.32. The van der Waals surface area contributed by atoms with E-state index < -0.39 is 5.82 Å². The lowest BCUT2D eigenvalue weighted by Crippen LogP contribution is -2.07. The van der Waals surface area contributed by atoms with Gasteiger partial charge in [-0.3, -0.25) is 4.79 Å². The van der Waals surface area contributed by atoms with Gasteiger partial charge in [-0.15, -0.1) is 0 Å². The van der Waals surface area contributed by atoms with Crippen LogP contribution in [0.3, 0.4) is 0 Å². The van der Waals surface area contributed by atoms with Crippen molar-refractivity contribution in [3.63, 3.8) is 0 Å². The molecular weight excluding hydrogens is 286 g/mol. The van der Waals surface area contributed by atoms with Crippen LogP contribution in [0.15, 0.2) is 36.4 Å². The maximum Gasteiger partial charge on any atom is 0.167 e. The first-order valence-electron chi connectivity index (χ1n) is 5.72. The summed E-state index contributed by atoms with van der Waals surface area (Å²) < 4.78 is 13.6. The molecule has 0 radical (unpaired) electrons. The number of hydrogen-bond acceptors (Lipinski definition) is 1. The van der Waals surface area contributed by atoms with Gasteiger partial charge >= 0.3 is 0 Å². The van der Waals surface area contributed by atoms with Crippen LogP contribution in [0.5, 0.6) is 0 Å². The van der Waals surface area contributed by atoms with Crippen LogP contribution >= 0.6 is 23.2 Å². The Morgan fingerprint density at radius 2 is 1.74 bits per heavy atom. The van der Waals surface area contributed by atoms with Crippen LogP contribution in [0.2, 0.25) is 10.0 Å². The van der Waals surface area contributed by atoms with Crippen LogP contribution in [0.4, 0.5) is 4.39 Å². The van der Waals surface area contributed by atoms with Crippen LogP contribution in [-0.4, -0.2) is 5.78 Å². The topological polar surface area (TPSA) is 17.1 Å². The number of benzene rings is 2. The van der Waals surface area contributed by atoms with Gasteiger partial charge in [0.05, 0.1) is 0 Å². The van der Waals surface area contributed by atoms with E-state index in [4.69, 9.17) is 23.2 Å². The zero-order chi connectivity index (χ0) is 14.0. The molecular formula is C15H11Cl2FO. The molecule has 0 heterocycles. The molecule has 0 bridgehead atoms. The molecule has 0 aliphatic heterocycles. The minimum atomic E-state index is -0.472. The second-order valence-corrected chi connectivity index (χ2v) is 5.03. The van der Waals surface area contributed by atoms with Crippen molar-refractivity contribution in [3.05, 3.63) is 69.0 Å². The summed E-state index contributed by atoms with van der Waals surface area (Å²) in [6.45, 7) is 1.76. The first-order valence-corrected chi connectivity index (χ1v) is 6.47. The molecule has 0 aliphatic carbocycles. The monoisotopic (exact) mass is 296 g/mol. The van der Waals surface area contributed by atoms with Crippen molar-refractivity contribution in [3.8, 4) is 0 Å². The van der Waals surface area contributed by atoms with Gasteiger partial charge in [-0.25, -0.2) is 4.39 Å². The standard InChI is InChI=1S/C15H11Cl2FO/c1-9-10(4-2-5-12(9)16)15(19)8-11-13(17)6-3-7-14(11)18/h2-7H,8H2,1H3. The normalized spacial score (nSPS) is 10.5. The van der Waals surface area contributed by atoms with Gasteiger partial charge in [0.25, 0.3) is 0 Å². The number of halogens is 3. The molecule has 98 valence electrons. The Morgan fingerprint density at radius 3 is 2.42 bits per heavy atom. The van der Waals surface area contributed by atoms with Crippen LogP contribution in [0.25, 0.3) is 0 Å². The second kappa shape index (κ2) is 5.72. The minimum Gasteiger partial charge on any atom is -0.294 e. The molecule has 19 heavy (non-hydrogen) atoms. The third-order valence-corrected chi connectivity index (χ3v) is 3.73. The van der Waals surface area contributed by atoms with Crippen LogP contribution in [0.1, 0.15) is 21.5 Å². The molecule has 0 aromatic heterocycles. The summed E-state index contributed by atoms with van der Waals surface area (Å²) in [6, 6.07) is 9.46. The molecule has 0 saturated carbocycles. The van der Waals surface area contributed by atoms with Gasteiger partial charge in [0.2, 0.25) is 0 Å². The van der Waals surface area contributed by atoms with Crippen LogP contribution < -0.4 is 0 Å². The summed E-state index contributed by atoms with van der Waals surface area (Å²) in [5.74, 6) is -0.674. The molecule has 0 atom stereocenters. The molecule has 0 spiro atoms. The van der Waals surface area contributed by atoms with Gasteiger partial charge in [-0.05, 0) is 30.7 Å². The lowest BCUT2D eigenvalue weighted by Gasteiger charge is -2.08. The van der Waals surface area contributed by atoms with E-state index in [0.717, 1.165) is 0 Å². The summed E-state index contributed by atoms with van der Waals surface area (Å²) in [5.41, 5.74) is 1.40. The molecule has 2 rings (SSSR count). The Kier molecular flexibility index (Phi) is 4.23. The van der Waals surface area contributed by atoms with E-state index in [0.29, 0.717) is 16.1 Å². The summed E-state index contributed by atoms with van der Waals surface area (Å²) in [7, 11) is 0. The number of Topliss-reactive ketones (excluding diaryl/α,β-unsaturated/α-hetero) is 1. The van der Waals surface area contributed by atoms with Crippen molar-refractivity contribution < 1.29 is 9.18 Å². The fourth-order valence-corrected chi connectivity index (χ4v) is 2.27. The smallest absolute Gasteiger partial charge is 0.167 e. The average molecular weight is 297 g/mol. The van der Waals surface area contributed by atoms with Crippen LogP contribution in [-0.2, 0) is 6.42 Å². The van der Waals surface area contributed by atoms with E-state index in [2.05, 4.69) is 0 Å². The molecule has 0 N–H and O–H groups in total. The molecule has 0 amide bonds. The lowest BCUT2D eigenvalue weighted by molar-refractivity contribution is 0.0991. The van der Waals surface area contributed by atoms with Gasteiger partial charge in [-0.1, -0.05) is 41.4 Å². The van der Waals surface area contributed by atoms with Gasteiger partial charge in [0.15, 0.2) is 5.78 Å². The molecule has 0 aliphatic rings. The molecule has 0 fully saturated rings. The second-order valence-electron chi connectivity index (χ2n) is 4.21. The summed E-state index contributed by atoms with van der Waals surface area (Å²) in [6.07, 6.45) is -0.0767. The summed E-state index contributed by atoms with van der Waals surface area (Å²) >= 11 is 11.9. The van der Waals surface area contributed by atoms with Crippen molar-refractivity contribution in [2.75, 3.05) is 0 Å². The van der Waals surface area contributed by atoms with Gasteiger partial charge in [0.1, 0.15) is 5.82 Å². The zero-order valence-electron chi connectivity index (χ0n) is 10.2. The van der Waals surface area contributed by atoms with Crippen molar-refractivity contribution in [2.45, 2.75) is 13.3 Å². The van der Waals surface area contributed by atoms with E-state index >= 15 is 0 Å². The van der Waals surface area contributed by atoms with Crippen molar-refractivity contribution in [1.29, 1.82) is 0 Å². The zero-order valence-corrected chi connectivity index (χ0v) is 11.7. The first kappa shape index (κ1) is 14.0. The third-order valence-electron chi connectivity index (χ3n) is 2.97. The third kappa shape index (κ3) is 2.96. The Balaban J connectivity index is 2.34. The summed E-state index contributed by atoms with van der Waals surface area (Å²) in [5, 5.41) is 0.776. The number of hydrogen-bond donors (Lipinski definition) is 0. The fourth-order valence-electron chi connectivity index (χ4n) is 1.87. The van der Waals surface area contributed by atoms with Crippen LogP contribution in [0, 0.1) is 12.7 Å². The quantitative estimate of drug-likeness (QED) is 0.739. The molecule has 0 saturated heterocycles. The molecule has 4 heteroatoms. The lowest BCUT2D eigenvalue weighted by atomic mass is 9.99. The van der Waals surface area contributed by atoms with Crippen molar-refractivity contribution in [2.24, 2.45) is 0 Å². The number of carbonyl (C=O) groups is 1. The van der Waals surface area contributed by atoms with E-state index in [1.165, 1.54) is 12.1 Å². The highest BCUT2D eigenvalue weighted by Gasteiger charge is 2.15. The predicted octanol–water partition coefficient (Wildman–Crippen LogP) is 4.87.